The zero-order valence-electron chi connectivity index (χ0n) is 25.8. The fourth-order valence-corrected chi connectivity index (χ4v) is 3.92. The molecule has 0 aromatic heterocycles. The van der Waals surface area contributed by atoms with E-state index in [1.807, 2.05) is 0 Å². The topological polar surface area (TPSA) is 182 Å². The molecule has 6 atom stereocenters. The minimum absolute atomic E-state index is 0. The Kier molecular flexibility index (Phi) is 19.5. The molecule has 2 fully saturated rings. The molecule has 0 spiro atoms. The molecule has 0 saturated carbocycles. The maximum Gasteiger partial charge on any atom is 2.00 e. The molecule has 0 bridgehead atoms. The van der Waals surface area contributed by atoms with E-state index in [1.165, 1.54) is 0 Å². The van der Waals surface area contributed by atoms with Crippen molar-refractivity contribution >= 4 is 61.5 Å². The van der Waals surface area contributed by atoms with Crippen LogP contribution in [0.1, 0.15) is 68.2 Å². The molecule has 41 heavy (non-hydrogen) atoms. The van der Waals surface area contributed by atoms with Gasteiger partial charge in [-0.2, -0.15) is 0 Å². The molecule has 12 nitrogen and oxygen atoms in total. The van der Waals surface area contributed by atoms with Crippen molar-refractivity contribution in [3.8, 4) is 0 Å². The Morgan fingerprint density at radius 2 is 0.902 bits per heavy atom. The summed E-state index contributed by atoms with van der Waals surface area (Å²) in [5.74, 6) is -1.83. The van der Waals surface area contributed by atoms with Crippen LogP contribution in [0.2, 0.25) is 0 Å². The monoisotopic (exact) mass is 612 g/mol. The molecule has 232 valence electrons. The number of aliphatic carboxylic acids is 2. The van der Waals surface area contributed by atoms with Gasteiger partial charge in [0, 0.05) is 13.2 Å². The molecule has 0 radical (unpaired) electrons. The first kappa shape index (κ1) is 40.0. The van der Waals surface area contributed by atoms with Crippen LogP contribution in [0.15, 0.2) is 0 Å². The van der Waals surface area contributed by atoms with Crippen LogP contribution in [0, 0.1) is 23.7 Å². The molecule has 0 aromatic carbocycles. The van der Waals surface area contributed by atoms with Crippen molar-refractivity contribution in [2.24, 2.45) is 23.7 Å². The number of epoxide rings is 2. The van der Waals surface area contributed by atoms with E-state index in [2.05, 4.69) is 66.0 Å². The summed E-state index contributed by atoms with van der Waals surface area (Å²) in [5, 5.41) is 26.7. The second kappa shape index (κ2) is 20.0. The Morgan fingerprint density at radius 1 is 0.585 bits per heavy atom. The van der Waals surface area contributed by atoms with E-state index in [0.29, 0.717) is 50.1 Å². The molecule has 0 aromatic rings. The molecule has 2 aliphatic heterocycles. The van der Waals surface area contributed by atoms with Crippen LogP contribution in [-0.2, 0) is 38.1 Å². The van der Waals surface area contributed by atoms with E-state index in [-0.39, 0.29) is 49.8 Å². The number of carbonyl (C=O) groups is 4. The predicted octanol–water partition coefficient (Wildman–Crippen LogP) is -0.966. The summed E-state index contributed by atoms with van der Waals surface area (Å²) in [7, 11) is 0. The zero-order valence-corrected chi connectivity index (χ0v) is 28.0. The second-order valence-corrected chi connectivity index (χ2v) is 12.1. The van der Waals surface area contributed by atoms with Gasteiger partial charge >= 0.3 is 37.7 Å². The first-order valence-electron chi connectivity index (χ1n) is 14.1. The van der Waals surface area contributed by atoms with Crippen molar-refractivity contribution in [3.05, 3.63) is 0 Å². The number of hydrogen-bond acceptors (Lipinski definition) is 10. The molecule has 2 saturated heterocycles. The fraction of sp³-hybridized carbons (Fsp3) is 0.857. The molecular formula is C28H48CaN2O10. The summed E-state index contributed by atoms with van der Waals surface area (Å²) >= 11 is 0. The van der Waals surface area contributed by atoms with Gasteiger partial charge in [-0.05, 0) is 36.5 Å². The van der Waals surface area contributed by atoms with Gasteiger partial charge in [-0.3, -0.25) is 9.59 Å². The van der Waals surface area contributed by atoms with Gasteiger partial charge in [0.05, 0.1) is 37.2 Å². The average molecular weight is 613 g/mol. The minimum Gasteiger partial charge on any atom is -0.547 e. The Labute approximate surface area is 273 Å². The molecular weight excluding hydrogens is 564 g/mol. The van der Waals surface area contributed by atoms with Crippen LogP contribution >= 0.6 is 0 Å². The quantitative estimate of drug-likeness (QED) is 0.144. The number of hydrogen-bond donors (Lipinski definition) is 2. The first-order valence-corrected chi connectivity index (χ1v) is 14.1. The van der Waals surface area contributed by atoms with Gasteiger partial charge in [0.2, 0.25) is 0 Å². The number of rotatable bonds is 18. The van der Waals surface area contributed by atoms with Gasteiger partial charge < -0.3 is 49.4 Å². The second-order valence-electron chi connectivity index (χ2n) is 12.1. The fourth-order valence-electron chi connectivity index (χ4n) is 3.92. The van der Waals surface area contributed by atoms with Crippen LogP contribution in [0.3, 0.4) is 0 Å². The van der Waals surface area contributed by atoms with Crippen molar-refractivity contribution in [3.63, 3.8) is 0 Å². The SMILES string of the molecule is CC(C)COC[C@H](CC(C)C)NC(=O)[C@H]1O[C@@H]1C(=O)[O-].CC(C)COC[C@H](CC(C)C)NC(=O)[C@H]1O[C@@H]1C(=O)[O-].[Ca+2]. The van der Waals surface area contributed by atoms with E-state index < -0.39 is 48.2 Å². The van der Waals surface area contributed by atoms with Crippen LogP contribution in [0.5, 0.6) is 0 Å². The summed E-state index contributed by atoms with van der Waals surface area (Å²) in [6.07, 6.45) is -2.50. The van der Waals surface area contributed by atoms with E-state index in [1.54, 1.807) is 0 Å². The maximum atomic E-state index is 11.8. The van der Waals surface area contributed by atoms with E-state index in [9.17, 15) is 29.4 Å². The van der Waals surface area contributed by atoms with E-state index in [4.69, 9.17) is 18.9 Å². The normalized spacial score (nSPS) is 22.3. The smallest absolute Gasteiger partial charge is 0.547 e. The Morgan fingerprint density at radius 3 is 1.12 bits per heavy atom. The minimum atomic E-state index is -1.35. The van der Waals surface area contributed by atoms with E-state index in [0.717, 1.165) is 12.8 Å². The van der Waals surface area contributed by atoms with Crippen molar-refractivity contribution in [1.82, 2.24) is 10.6 Å². The zero-order chi connectivity index (χ0) is 30.6. The average Bonchev–Trinajstić information content (AvgIpc) is 3.71. The molecule has 13 heteroatoms. The van der Waals surface area contributed by atoms with Crippen LogP contribution < -0.4 is 20.8 Å². The molecule has 2 aliphatic rings. The molecule has 2 amide bonds. The molecule has 0 unspecified atom stereocenters. The van der Waals surface area contributed by atoms with Gasteiger partial charge in [0.25, 0.3) is 11.8 Å². The van der Waals surface area contributed by atoms with Crippen LogP contribution in [0.4, 0.5) is 0 Å². The summed E-state index contributed by atoms with van der Waals surface area (Å²) in [6, 6.07) is -0.263. The van der Waals surface area contributed by atoms with Gasteiger partial charge in [-0.25, -0.2) is 0 Å². The number of amides is 2. The maximum absolute atomic E-state index is 11.8. The summed E-state index contributed by atoms with van der Waals surface area (Å²) in [6.45, 7) is 18.5. The third-order valence-corrected chi connectivity index (χ3v) is 5.71. The Balaban J connectivity index is 0.000000762. The number of ether oxygens (including phenoxy) is 4. The van der Waals surface area contributed by atoms with Crippen molar-refractivity contribution in [1.29, 1.82) is 0 Å². The standard InChI is InChI=1S/2C14H25NO5.Ca/c2*1-8(2)5-10(7-19-6-9(3)4)15-13(16)11-12(20-11)14(17)18;/h2*8-12H,5-7H2,1-4H3,(H,15,16)(H,17,18);/q;;+2/p-2/t2*10-,11-,12-;/m00./s1. The largest absolute Gasteiger partial charge is 2.00 e. The Hall–Kier alpha value is -1.02. The van der Waals surface area contributed by atoms with Crippen molar-refractivity contribution < 1.29 is 48.3 Å². The summed E-state index contributed by atoms with van der Waals surface area (Å²) in [5.41, 5.74) is 0. The Bertz CT molecular complexity index is 758. The van der Waals surface area contributed by atoms with Gasteiger partial charge in [-0.15, -0.1) is 0 Å². The van der Waals surface area contributed by atoms with Gasteiger partial charge in [-0.1, -0.05) is 55.4 Å². The third-order valence-electron chi connectivity index (χ3n) is 5.71. The number of nitrogens with one attached hydrogen (secondary N) is 2. The molecule has 2 rings (SSSR count). The molecule has 0 aliphatic carbocycles. The van der Waals surface area contributed by atoms with Crippen molar-refractivity contribution in [2.75, 3.05) is 26.4 Å². The first-order chi connectivity index (χ1) is 18.6. The number of carboxylic acids is 2. The number of carbonyl (C=O) groups excluding carboxylic acids is 4. The van der Waals surface area contributed by atoms with Crippen LogP contribution in [-0.4, -0.2) is 124 Å². The summed E-state index contributed by atoms with van der Waals surface area (Å²) < 4.78 is 20.6. The summed E-state index contributed by atoms with van der Waals surface area (Å²) in [4.78, 5) is 44.7. The number of carboxylic acid groups (broad SMARTS) is 2. The third kappa shape index (κ3) is 17.6. The van der Waals surface area contributed by atoms with Crippen molar-refractivity contribution in [2.45, 2.75) is 105 Å². The van der Waals surface area contributed by atoms with Gasteiger partial charge in [0.1, 0.15) is 12.2 Å². The van der Waals surface area contributed by atoms with Crippen LogP contribution in [0.25, 0.3) is 0 Å². The molecule has 2 heterocycles. The van der Waals surface area contributed by atoms with Gasteiger partial charge in [0.15, 0.2) is 12.2 Å². The molecule has 2 N–H and O–H groups in total. The predicted molar refractivity (Wildman–Crippen MR) is 147 cm³/mol. The van der Waals surface area contributed by atoms with E-state index >= 15 is 0 Å².